The number of aliphatic hydroxyl groups is 3. The Bertz CT molecular complexity index is 322. The van der Waals surface area contributed by atoms with E-state index in [0.29, 0.717) is 0 Å². The van der Waals surface area contributed by atoms with Gasteiger partial charge in [-0.15, -0.1) is 0 Å². The van der Waals surface area contributed by atoms with Crippen LogP contribution in [-0.4, -0.2) is 65.5 Å². The van der Waals surface area contributed by atoms with Crippen molar-refractivity contribution in [2.45, 2.75) is 24.4 Å². The summed E-state index contributed by atoms with van der Waals surface area (Å²) in [5.74, 6) is 0. The minimum absolute atomic E-state index is 0. The first-order valence-electron chi connectivity index (χ1n) is 4.05. The third-order valence-electron chi connectivity index (χ3n) is 1.68. The molecule has 0 rings (SSSR count). The molecule has 0 aliphatic rings. The van der Waals surface area contributed by atoms with E-state index in [2.05, 4.69) is 4.18 Å². The van der Waals surface area contributed by atoms with Crippen LogP contribution in [0.5, 0.6) is 0 Å². The molecule has 96 valence electrons. The van der Waals surface area contributed by atoms with E-state index in [1.54, 1.807) is 0 Å². The fourth-order valence-electron chi connectivity index (χ4n) is 0.888. The summed E-state index contributed by atoms with van der Waals surface area (Å²) in [4.78, 5) is 10.2. The molecule has 4 atom stereocenters. The normalized spacial score (nSPS) is 18.6. The Hall–Kier alpha value is 0.380. The van der Waals surface area contributed by atoms with Gasteiger partial charge in [0.25, 0.3) is 0 Å². The molecule has 0 radical (unpaired) electrons. The minimum atomic E-state index is -5.22. The quantitative estimate of drug-likeness (QED) is 0.153. The van der Waals surface area contributed by atoms with Crippen LogP contribution in [0.15, 0.2) is 0 Å². The molecule has 0 unspecified atom stereocenters. The average molecular weight is 281 g/mol. The summed E-state index contributed by atoms with van der Waals surface area (Å²) in [5, 5.41) is 26.9. The smallest absolute Gasteiger partial charge is 0.726 e. The maximum atomic E-state index is 10.3. The molecule has 0 aliphatic carbocycles. The van der Waals surface area contributed by atoms with Gasteiger partial charge in [0.05, 0.1) is 12.6 Å². The molecule has 11 heteroatoms. The number of hydrogen-bond donors (Lipinski definition) is 4. The van der Waals surface area contributed by atoms with E-state index in [9.17, 15) is 22.9 Å². The Morgan fingerprint density at radius 1 is 1.41 bits per heavy atom. The molecule has 0 amide bonds. The fraction of sp³-hybridized carbons (Fsp3) is 0.833. The summed E-state index contributed by atoms with van der Waals surface area (Å²) in [6.07, 6.45) is -5.75. The molecule has 9 nitrogen and oxygen atoms in total. The van der Waals surface area contributed by atoms with E-state index in [1.165, 1.54) is 0 Å². The Balaban J connectivity index is 0. The first-order chi connectivity index (χ1) is 7.22. The van der Waals surface area contributed by atoms with Crippen molar-refractivity contribution in [1.29, 1.82) is 0 Å². The fourth-order valence-corrected chi connectivity index (χ4v) is 1.40. The number of carbonyl (C=O) groups is 1. The number of carbonyl (C=O) groups excluding carboxylic acids is 1. The second kappa shape index (κ2) is 8.48. The maximum absolute atomic E-state index is 10.3. The number of hydrogen-bond acceptors (Lipinski definition) is 9. The van der Waals surface area contributed by atoms with Gasteiger partial charge in [0.2, 0.25) is 10.4 Å². The van der Waals surface area contributed by atoms with Crippen molar-refractivity contribution in [2.75, 3.05) is 6.61 Å². The Labute approximate surface area is 120 Å². The molecule has 0 bridgehead atoms. The Morgan fingerprint density at radius 3 is 2.18 bits per heavy atom. The molecule has 17 heavy (non-hydrogen) atoms. The standard InChI is InChI=1S/C6H13NO8S.Na/c7-3(1-8)5(11)6(4(10)2-9)15-16(12,13)14;/h1,3-6,9-11H,2,7H2,(H,12,13,14);/q;+1/p-1/t3-,4+,5+,6-;/m0./s1. The zero-order chi connectivity index (χ0) is 12.9. The van der Waals surface area contributed by atoms with Crippen molar-refractivity contribution in [3.8, 4) is 0 Å². The van der Waals surface area contributed by atoms with Crippen molar-refractivity contribution < 1.29 is 66.8 Å². The molecule has 0 aromatic heterocycles. The predicted molar refractivity (Wildman–Crippen MR) is 47.7 cm³/mol. The molecular formula is C6H12NNaO8S. The first kappa shape index (κ1) is 19.7. The molecule has 0 saturated heterocycles. The molecule has 0 aromatic rings. The van der Waals surface area contributed by atoms with E-state index >= 15 is 0 Å². The summed E-state index contributed by atoms with van der Waals surface area (Å²) in [6.45, 7) is -0.983. The molecule has 0 fully saturated rings. The van der Waals surface area contributed by atoms with Gasteiger partial charge < -0.3 is 30.4 Å². The number of nitrogens with two attached hydrogens (primary N) is 1. The third kappa shape index (κ3) is 7.41. The molecule has 5 N–H and O–H groups in total. The summed E-state index contributed by atoms with van der Waals surface area (Å²) in [7, 11) is -5.22. The van der Waals surface area contributed by atoms with Gasteiger partial charge in [0.15, 0.2) is 0 Å². The van der Waals surface area contributed by atoms with Crippen LogP contribution in [-0.2, 0) is 19.4 Å². The van der Waals surface area contributed by atoms with Gasteiger partial charge in [-0.3, -0.25) is 4.18 Å². The molecule has 0 heterocycles. The van der Waals surface area contributed by atoms with Crippen LogP contribution < -0.4 is 35.3 Å². The van der Waals surface area contributed by atoms with Crippen molar-refractivity contribution in [2.24, 2.45) is 5.73 Å². The van der Waals surface area contributed by atoms with E-state index < -0.39 is 41.4 Å². The van der Waals surface area contributed by atoms with Gasteiger partial charge in [-0.1, -0.05) is 0 Å². The van der Waals surface area contributed by atoms with Crippen LogP contribution >= 0.6 is 0 Å². The topological polar surface area (TPSA) is 170 Å². The van der Waals surface area contributed by atoms with E-state index in [4.69, 9.17) is 15.9 Å². The van der Waals surface area contributed by atoms with Gasteiger partial charge in [-0.2, -0.15) is 0 Å². The van der Waals surface area contributed by atoms with E-state index in [1.807, 2.05) is 0 Å². The van der Waals surface area contributed by atoms with Crippen molar-refractivity contribution in [1.82, 2.24) is 0 Å². The number of rotatable bonds is 7. The summed E-state index contributed by atoms with van der Waals surface area (Å²) in [6, 6.07) is -1.56. The van der Waals surface area contributed by atoms with Crippen molar-refractivity contribution >= 4 is 16.7 Å². The van der Waals surface area contributed by atoms with Crippen LogP contribution in [0.4, 0.5) is 0 Å². The second-order valence-electron chi connectivity index (χ2n) is 2.92. The van der Waals surface area contributed by atoms with Crippen LogP contribution in [0, 0.1) is 0 Å². The zero-order valence-corrected chi connectivity index (χ0v) is 11.8. The van der Waals surface area contributed by atoms with Gasteiger partial charge in [-0.25, -0.2) is 8.42 Å². The van der Waals surface area contributed by atoms with Crippen molar-refractivity contribution in [3.05, 3.63) is 0 Å². The van der Waals surface area contributed by atoms with E-state index in [-0.39, 0.29) is 35.8 Å². The van der Waals surface area contributed by atoms with Gasteiger partial charge in [-0.05, 0) is 0 Å². The largest absolute Gasteiger partial charge is 1.00 e. The molecule has 0 saturated carbocycles. The molecular weight excluding hydrogens is 269 g/mol. The first-order valence-corrected chi connectivity index (χ1v) is 5.38. The van der Waals surface area contributed by atoms with Crippen LogP contribution in [0.1, 0.15) is 0 Å². The van der Waals surface area contributed by atoms with Crippen molar-refractivity contribution in [3.63, 3.8) is 0 Å². The van der Waals surface area contributed by atoms with Crippen LogP contribution in [0.3, 0.4) is 0 Å². The SMILES string of the molecule is N[C@@H](C=O)[C@@H](O)[C@@H](OS(=O)(=O)[O-])[C@H](O)CO.[Na+]. The molecule has 0 aromatic carbocycles. The summed E-state index contributed by atoms with van der Waals surface area (Å²) < 4.78 is 34.6. The summed E-state index contributed by atoms with van der Waals surface area (Å²) in [5.41, 5.74) is 5.04. The second-order valence-corrected chi connectivity index (χ2v) is 3.93. The van der Waals surface area contributed by atoms with Crippen LogP contribution in [0.2, 0.25) is 0 Å². The monoisotopic (exact) mass is 281 g/mol. The third-order valence-corrected chi connectivity index (χ3v) is 2.14. The van der Waals surface area contributed by atoms with Gasteiger partial charge in [0.1, 0.15) is 24.6 Å². The average Bonchev–Trinajstić information content (AvgIpc) is 2.21. The zero-order valence-electron chi connectivity index (χ0n) is 8.96. The maximum Gasteiger partial charge on any atom is 1.00 e. The molecule has 0 aliphatic heterocycles. The van der Waals surface area contributed by atoms with Crippen LogP contribution in [0.25, 0.3) is 0 Å². The van der Waals surface area contributed by atoms with E-state index in [0.717, 1.165) is 0 Å². The Morgan fingerprint density at radius 2 is 1.88 bits per heavy atom. The summed E-state index contributed by atoms with van der Waals surface area (Å²) >= 11 is 0. The number of aliphatic hydroxyl groups excluding tert-OH is 3. The van der Waals surface area contributed by atoms with Gasteiger partial charge in [0, 0.05) is 0 Å². The molecule has 0 spiro atoms. The van der Waals surface area contributed by atoms with Gasteiger partial charge >= 0.3 is 29.6 Å². The Kier molecular flexibility index (Phi) is 9.83. The minimum Gasteiger partial charge on any atom is -0.726 e. The predicted octanol–water partition coefficient (Wildman–Crippen LogP) is -6.92. The number of aldehydes is 1.